The Bertz CT molecular complexity index is 333. The summed E-state index contributed by atoms with van der Waals surface area (Å²) in [6, 6.07) is 1.76. The maximum absolute atomic E-state index is 5.68. The van der Waals surface area contributed by atoms with E-state index in [2.05, 4.69) is 22.2 Å². The molecule has 1 aromatic rings. The second-order valence-electron chi connectivity index (χ2n) is 4.35. The lowest BCUT2D eigenvalue weighted by Gasteiger charge is -2.12. The van der Waals surface area contributed by atoms with Gasteiger partial charge in [-0.05, 0) is 26.2 Å². The molecule has 0 spiro atoms. The normalized spacial score (nSPS) is 12.5. The van der Waals surface area contributed by atoms with Crippen molar-refractivity contribution in [3.63, 3.8) is 0 Å². The molecule has 0 fully saturated rings. The van der Waals surface area contributed by atoms with Crippen molar-refractivity contribution in [2.24, 2.45) is 5.92 Å². The van der Waals surface area contributed by atoms with Gasteiger partial charge in [-0.1, -0.05) is 6.92 Å². The summed E-state index contributed by atoms with van der Waals surface area (Å²) < 4.78 is 5.50. The lowest BCUT2D eigenvalue weighted by atomic mass is 10.1. The third-order valence-corrected chi connectivity index (χ3v) is 2.42. The molecule has 0 saturated heterocycles. The Hall–Kier alpha value is -1.03. The molecule has 0 radical (unpaired) electrons. The van der Waals surface area contributed by atoms with Gasteiger partial charge in [0.1, 0.15) is 0 Å². The van der Waals surface area contributed by atoms with Crippen LogP contribution in [0.4, 0.5) is 5.95 Å². The van der Waals surface area contributed by atoms with Gasteiger partial charge in [0.15, 0.2) is 0 Å². The third kappa shape index (κ3) is 5.73. The molecule has 17 heavy (non-hydrogen) atoms. The zero-order valence-corrected chi connectivity index (χ0v) is 11.4. The Balaban J connectivity index is 2.48. The molecule has 0 aromatic carbocycles. The summed E-state index contributed by atoms with van der Waals surface area (Å²) >= 11 is 5.68. The van der Waals surface area contributed by atoms with Crippen LogP contribution in [0.25, 0.3) is 0 Å². The second kappa shape index (κ2) is 7.33. The van der Waals surface area contributed by atoms with Gasteiger partial charge in [0.2, 0.25) is 11.8 Å². The molecule has 0 bridgehead atoms. The van der Waals surface area contributed by atoms with E-state index in [0.29, 0.717) is 23.6 Å². The number of hydrogen-bond donors (Lipinski definition) is 1. The van der Waals surface area contributed by atoms with Crippen molar-refractivity contribution < 1.29 is 4.74 Å². The van der Waals surface area contributed by atoms with Gasteiger partial charge in [0.25, 0.3) is 0 Å². The van der Waals surface area contributed by atoms with E-state index >= 15 is 0 Å². The molecule has 4 nitrogen and oxygen atoms in total. The van der Waals surface area contributed by atoms with Crippen molar-refractivity contribution in [2.45, 2.75) is 33.3 Å². The number of aromatic nitrogens is 2. The van der Waals surface area contributed by atoms with E-state index in [0.717, 1.165) is 13.0 Å². The predicted molar refractivity (Wildman–Crippen MR) is 70.8 cm³/mol. The maximum atomic E-state index is 5.68. The minimum Gasteiger partial charge on any atom is -0.475 e. The first-order valence-electron chi connectivity index (χ1n) is 5.91. The van der Waals surface area contributed by atoms with Crippen molar-refractivity contribution in [3.05, 3.63) is 12.3 Å². The van der Waals surface area contributed by atoms with Gasteiger partial charge < -0.3 is 10.1 Å². The quantitative estimate of drug-likeness (QED) is 0.763. The average Bonchev–Trinajstić information content (AvgIpc) is 2.26. The molecule has 1 heterocycles. The molecule has 1 aromatic heterocycles. The van der Waals surface area contributed by atoms with E-state index in [-0.39, 0.29) is 6.10 Å². The molecule has 1 unspecified atom stereocenters. The smallest absolute Gasteiger partial charge is 0.225 e. The first-order valence-corrected chi connectivity index (χ1v) is 6.44. The molecule has 0 aliphatic heterocycles. The van der Waals surface area contributed by atoms with E-state index in [1.165, 1.54) is 0 Å². The Kier molecular flexibility index (Phi) is 6.05. The number of rotatable bonds is 7. The highest BCUT2D eigenvalue weighted by molar-refractivity contribution is 6.17. The number of nitrogens with one attached hydrogen (secondary N) is 1. The zero-order valence-electron chi connectivity index (χ0n) is 10.6. The van der Waals surface area contributed by atoms with E-state index in [1.807, 2.05) is 13.8 Å². The van der Waals surface area contributed by atoms with E-state index in [1.54, 1.807) is 12.3 Å². The highest BCUT2D eigenvalue weighted by Crippen LogP contribution is 2.11. The molecule has 5 heteroatoms. The van der Waals surface area contributed by atoms with Gasteiger partial charge in [-0.2, -0.15) is 4.98 Å². The number of halogens is 1. The maximum Gasteiger partial charge on any atom is 0.225 e. The van der Waals surface area contributed by atoms with Crippen LogP contribution in [-0.2, 0) is 0 Å². The van der Waals surface area contributed by atoms with Gasteiger partial charge in [0.05, 0.1) is 6.10 Å². The first-order chi connectivity index (χ1) is 8.11. The molecule has 0 aliphatic carbocycles. The topological polar surface area (TPSA) is 47.0 Å². The number of nitrogens with zero attached hydrogens (tertiary/aromatic N) is 2. The summed E-state index contributed by atoms with van der Waals surface area (Å²) in [6.07, 6.45) is 2.80. The molecule has 1 N–H and O–H groups in total. The highest BCUT2D eigenvalue weighted by Gasteiger charge is 2.04. The lowest BCUT2D eigenvalue weighted by molar-refractivity contribution is 0.232. The number of anilines is 1. The molecule has 1 atom stereocenters. The minimum absolute atomic E-state index is 0.118. The first kappa shape index (κ1) is 14.0. The summed E-state index contributed by atoms with van der Waals surface area (Å²) in [5, 5.41) is 3.18. The number of ether oxygens (including phenoxy) is 1. The molecular formula is C12H20ClN3O. The van der Waals surface area contributed by atoms with Crippen LogP contribution in [0.5, 0.6) is 5.88 Å². The number of hydrogen-bond acceptors (Lipinski definition) is 4. The van der Waals surface area contributed by atoms with Gasteiger partial charge in [-0.3, -0.25) is 0 Å². The van der Waals surface area contributed by atoms with Crippen molar-refractivity contribution in [2.75, 3.05) is 17.7 Å². The van der Waals surface area contributed by atoms with E-state index in [9.17, 15) is 0 Å². The van der Waals surface area contributed by atoms with Crippen LogP contribution in [0, 0.1) is 5.92 Å². The van der Waals surface area contributed by atoms with Crippen LogP contribution < -0.4 is 10.1 Å². The number of alkyl halides is 1. The SMILES string of the molecule is CC(CCCl)CNc1nccc(OC(C)C)n1. The molecule has 96 valence electrons. The van der Waals surface area contributed by atoms with Crippen LogP contribution in [0.1, 0.15) is 27.2 Å². The summed E-state index contributed by atoms with van der Waals surface area (Å²) in [6.45, 7) is 6.90. The lowest BCUT2D eigenvalue weighted by Crippen LogP contribution is -2.14. The van der Waals surface area contributed by atoms with Crippen molar-refractivity contribution in [1.29, 1.82) is 0 Å². The van der Waals surface area contributed by atoms with Crippen LogP contribution in [0.15, 0.2) is 12.3 Å². The van der Waals surface area contributed by atoms with Crippen LogP contribution in [-0.4, -0.2) is 28.5 Å². The average molecular weight is 258 g/mol. The summed E-state index contributed by atoms with van der Waals surface area (Å²) in [5.74, 6) is 2.39. The van der Waals surface area contributed by atoms with Crippen LogP contribution >= 0.6 is 11.6 Å². The van der Waals surface area contributed by atoms with Gasteiger partial charge in [0, 0.05) is 24.7 Å². The molecule has 0 saturated carbocycles. The van der Waals surface area contributed by atoms with Gasteiger partial charge >= 0.3 is 0 Å². The fourth-order valence-corrected chi connectivity index (χ4v) is 1.66. The Morgan fingerprint density at radius 2 is 2.18 bits per heavy atom. The third-order valence-electron chi connectivity index (χ3n) is 2.20. The zero-order chi connectivity index (χ0) is 12.7. The van der Waals surface area contributed by atoms with E-state index in [4.69, 9.17) is 16.3 Å². The molecule has 0 amide bonds. The van der Waals surface area contributed by atoms with Crippen LogP contribution in [0.2, 0.25) is 0 Å². The molecular weight excluding hydrogens is 238 g/mol. The van der Waals surface area contributed by atoms with Crippen molar-refractivity contribution in [3.8, 4) is 5.88 Å². The summed E-state index contributed by atoms with van der Waals surface area (Å²) in [5.41, 5.74) is 0. The van der Waals surface area contributed by atoms with E-state index < -0.39 is 0 Å². The largest absolute Gasteiger partial charge is 0.475 e. The predicted octanol–water partition coefficient (Wildman–Crippen LogP) is 2.94. The summed E-state index contributed by atoms with van der Waals surface area (Å²) in [4.78, 5) is 8.41. The van der Waals surface area contributed by atoms with Gasteiger partial charge in [-0.15, -0.1) is 11.6 Å². The fraction of sp³-hybridized carbons (Fsp3) is 0.667. The second-order valence-corrected chi connectivity index (χ2v) is 4.73. The monoisotopic (exact) mass is 257 g/mol. The standard InChI is InChI=1S/C12H20ClN3O/c1-9(2)17-11-5-7-14-12(16-11)15-8-10(3)4-6-13/h5,7,9-10H,4,6,8H2,1-3H3,(H,14,15,16). The summed E-state index contributed by atoms with van der Waals surface area (Å²) in [7, 11) is 0. The van der Waals surface area contributed by atoms with Crippen molar-refractivity contribution in [1.82, 2.24) is 9.97 Å². The fourth-order valence-electron chi connectivity index (χ4n) is 1.29. The Morgan fingerprint density at radius 3 is 2.82 bits per heavy atom. The van der Waals surface area contributed by atoms with Crippen molar-refractivity contribution >= 4 is 17.5 Å². The molecule has 0 aliphatic rings. The van der Waals surface area contributed by atoms with Crippen LogP contribution in [0.3, 0.4) is 0 Å². The molecule has 1 rings (SSSR count). The van der Waals surface area contributed by atoms with Gasteiger partial charge in [-0.25, -0.2) is 4.98 Å². The Labute approximate surface area is 108 Å². The highest BCUT2D eigenvalue weighted by atomic mass is 35.5. The minimum atomic E-state index is 0.118. The Morgan fingerprint density at radius 1 is 1.41 bits per heavy atom.